The molecular weight excluding hydrogens is 244 g/mol. The molecule has 108 valence electrons. The summed E-state index contributed by atoms with van der Waals surface area (Å²) < 4.78 is 11.0. The highest BCUT2D eigenvalue weighted by atomic mass is 16.6. The summed E-state index contributed by atoms with van der Waals surface area (Å²) in [5.41, 5.74) is 0.406. The van der Waals surface area contributed by atoms with Crippen molar-refractivity contribution in [2.75, 3.05) is 26.9 Å². The summed E-state index contributed by atoms with van der Waals surface area (Å²) in [5.74, 6) is -0.367. The van der Waals surface area contributed by atoms with Gasteiger partial charge in [0, 0.05) is 25.0 Å². The van der Waals surface area contributed by atoms with Crippen LogP contribution in [-0.4, -0.2) is 54.8 Å². The van der Waals surface area contributed by atoms with Crippen molar-refractivity contribution in [1.82, 2.24) is 9.80 Å². The number of nitrogens with zero attached hydrogens (tertiary/aromatic N) is 2. The molecule has 1 rings (SSSR count). The van der Waals surface area contributed by atoms with Gasteiger partial charge in [0.25, 0.3) is 0 Å². The molecule has 0 aromatic carbocycles. The van der Waals surface area contributed by atoms with E-state index in [0.717, 1.165) is 6.67 Å². The fourth-order valence-corrected chi connectivity index (χ4v) is 1.64. The molecule has 5 heteroatoms. The van der Waals surface area contributed by atoms with E-state index in [4.69, 9.17) is 9.47 Å². The van der Waals surface area contributed by atoms with Gasteiger partial charge in [-0.1, -0.05) is 6.58 Å². The zero-order valence-electron chi connectivity index (χ0n) is 12.3. The summed E-state index contributed by atoms with van der Waals surface area (Å²) in [4.78, 5) is 15.8. The molecular formula is C14H24N2O3. The second-order valence-corrected chi connectivity index (χ2v) is 5.16. The Morgan fingerprint density at radius 2 is 2.11 bits per heavy atom. The minimum absolute atomic E-state index is 0.114. The smallest absolute Gasteiger partial charge is 0.333 e. The van der Waals surface area contributed by atoms with Gasteiger partial charge in [0.1, 0.15) is 6.10 Å². The van der Waals surface area contributed by atoms with Crippen LogP contribution in [0.1, 0.15) is 20.8 Å². The van der Waals surface area contributed by atoms with E-state index in [0.29, 0.717) is 18.7 Å². The molecule has 0 aromatic rings. The molecule has 19 heavy (non-hydrogen) atoms. The van der Waals surface area contributed by atoms with Gasteiger partial charge in [-0.05, 0) is 20.8 Å². The molecule has 0 saturated carbocycles. The van der Waals surface area contributed by atoms with Crippen molar-refractivity contribution in [3.05, 3.63) is 24.6 Å². The summed E-state index contributed by atoms with van der Waals surface area (Å²) in [6.07, 6.45) is 3.79. The van der Waals surface area contributed by atoms with Crippen LogP contribution < -0.4 is 0 Å². The molecule has 0 spiro atoms. The number of carbonyl (C=O) groups excluding carboxylic acids is 1. The first kappa shape index (κ1) is 15.6. The quantitative estimate of drug-likeness (QED) is 0.518. The van der Waals surface area contributed by atoms with E-state index in [-0.39, 0.29) is 18.2 Å². The minimum Gasteiger partial charge on any atom is -0.455 e. The lowest BCUT2D eigenvalue weighted by Crippen LogP contribution is -2.37. The van der Waals surface area contributed by atoms with Crippen LogP contribution in [0.15, 0.2) is 24.6 Å². The molecule has 0 fully saturated rings. The molecule has 0 radical (unpaired) electrons. The van der Waals surface area contributed by atoms with E-state index < -0.39 is 0 Å². The van der Waals surface area contributed by atoms with Crippen molar-refractivity contribution >= 4 is 5.97 Å². The van der Waals surface area contributed by atoms with Crippen LogP contribution in [0.2, 0.25) is 0 Å². The monoisotopic (exact) mass is 268 g/mol. The molecule has 1 atom stereocenters. The molecule has 0 aromatic heterocycles. The Bertz CT molecular complexity index is 353. The molecule has 0 saturated heterocycles. The van der Waals surface area contributed by atoms with Crippen LogP contribution >= 0.6 is 0 Å². The molecule has 0 aliphatic carbocycles. The van der Waals surface area contributed by atoms with Gasteiger partial charge < -0.3 is 19.3 Å². The Kier molecular flexibility index (Phi) is 5.89. The molecule has 1 heterocycles. The van der Waals surface area contributed by atoms with Crippen LogP contribution in [0.3, 0.4) is 0 Å². The fourth-order valence-electron chi connectivity index (χ4n) is 1.64. The highest BCUT2D eigenvalue weighted by molar-refractivity contribution is 5.87. The maximum Gasteiger partial charge on any atom is 0.333 e. The molecule has 0 N–H and O–H groups in total. The van der Waals surface area contributed by atoms with E-state index in [1.165, 1.54) is 0 Å². The number of hydrogen-bond acceptors (Lipinski definition) is 5. The van der Waals surface area contributed by atoms with Crippen molar-refractivity contribution in [3.63, 3.8) is 0 Å². The SMILES string of the molecule is C=C(C)C(=O)OC(COC(C)C)CN1C=CN(C)C1. The molecule has 1 aliphatic rings. The molecule has 1 unspecified atom stereocenters. The first-order valence-corrected chi connectivity index (χ1v) is 6.49. The summed E-state index contributed by atoms with van der Waals surface area (Å²) in [6, 6.07) is 0. The normalized spacial score (nSPS) is 16.1. The van der Waals surface area contributed by atoms with Crippen molar-refractivity contribution in [2.45, 2.75) is 33.0 Å². The number of ether oxygens (including phenoxy) is 2. The van der Waals surface area contributed by atoms with Crippen LogP contribution in [0, 0.1) is 0 Å². The number of hydrogen-bond donors (Lipinski definition) is 0. The predicted molar refractivity (Wildman–Crippen MR) is 74.3 cm³/mol. The van der Waals surface area contributed by atoms with Gasteiger partial charge in [0.05, 0.1) is 25.9 Å². The average molecular weight is 268 g/mol. The third kappa shape index (κ3) is 5.79. The minimum atomic E-state index is -0.367. The standard InChI is InChI=1S/C14H24N2O3/c1-11(2)14(17)19-13(9-18-12(3)4)8-16-7-6-15(5)10-16/h6-7,12-13H,1,8-10H2,2-5H3. The summed E-state index contributed by atoms with van der Waals surface area (Å²) >= 11 is 0. The van der Waals surface area contributed by atoms with Crippen molar-refractivity contribution in [3.8, 4) is 0 Å². The van der Waals surface area contributed by atoms with E-state index in [1.807, 2.05) is 33.3 Å². The van der Waals surface area contributed by atoms with Gasteiger partial charge in [-0.3, -0.25) is 0 Å². The number of esters is 1. The van der Waals surface area contributed by atoms with Gasteiger partial charge in [-0.25, -0.2) is 4.79 Å². The van der Waals surface area contributed by atoms with E-state index in [1.54, 1.807) is 6.92 Å². The Morgan fingerprint density at radius 1 is 1.42 bits per heavy atom. The zero-order chi connectivity index (χ0) is 14.4. The molecule has 1 aliphatic heterocycles. The molecule has 0 bridgehead atoms. The Morgan fingerprint density at radius 3 is 2.58 bits per heavy atom. The van der Waals surface area contributed by atoms with Gasteiger partial charge >= 0.3 is 5.97 Å². The lowest BCUT2D eigenvalue weighted by atomic mass is 10.3. The van der Waals surface area contributed by atoms with Crippen LogP contribution in [-0.2, 0) is 14.3 Å². The van der Waals surface area contributed by atoms with Crippen LogP contribution in [0.25, 0.3) is 0 Å². The van der Waals surface area contributed by atoms with Gasteiger partial charge in [-0.15, -0.1) is 0 Å². The fraction of sp³-hybridized carbons (Fsp3) is 0.643. The first-order chi connectivity index (χ1) is 8.88. The van der Waals surface area contributed by atoms with E-state index in [9.17, 15) is 4.79 Å². The maximum atomic E-state index is 11.6. The largest absolute Gasteiger partial charge is 0.455 e. The van der Waals surface area contributed by atoms with Gasteiger partial charge in [0.15, 0.2) is 0 Å². The van der Waals surface area contributed by atoms with Crippen molar-refractivity contribution in [2.24, 2.45) is 0 Å². The Labute approximate surface area is 115 Å². The first-order valence-electron chi connectivity index (χ1n) is 6.49. The lowest BCUT2D eigenvalue weighted by Gasteiger charge is -2.25. The Balaban J connectivity index is 2.51. The number of rotatable bonds is 7. The highest BCUT2D eigenvalue weighted by Gasteiger charge is 2.20. The van der Waals surface area contributed by atoms with Crippen LogP contribution in [0.5, 0.6) is 0 Å². The van der Waals surface area contributed by atoms with Gasteiger partial charge in [-0.2, -0.15) is 0 Å². The predicted octanol–water partition coefficient (Wildman–Crippen LogP) is 1.58. The highest BCUT2D eigenvalue weighted by Crippen LogP contribution is 2.09. The third-order valence-corrected chi connectivity index (χ3v) is 2.61. The van der Waals surface area contributed by atoms with E-state index in [2.05, 4.69) is 16.4 Å². The summed E-state index contributed by atoms with van der Waals surface area (Å²) in [6.45, 7) is 11.0. The van der Waals surface area contributed by atoms with E-state index >= 15 is 0 Å². The van der Waals surface area contributed by atoms with Crippen LogP contribution in [0.4, 0.5) is 0 Å². The second kappa shape index (κ2) is 7.19. The Hall–Kier alpha value is -1.49. The lowest BCUT2D eigenvalue weighted by molar-refractivity contribution is -0.149. The zero-order valence-corrected chi connectivity index (χ0v) is 12.3. The molecule has 5 nitrogen and oxygen atoms in total. The summed E-state index contributed by atoms with van der Waals surface area (Å²) in [7, 11) is 2.00. The van der Waals surface area contributed by atoms with Gasteiger partial charge in [0.2, 0.25) is 0 Å². The third-order valence-electron chi connectivity index (χ3n) is 2.61. The molecule has 0 amide bonds. The van der Waals surface area contributed by atoms with Crippen molar-refractivity contribution < 1.29 is 14.3 Å². The maximum absolute atomic E-state index is 11.6. The second-order valence-electron chi connectivity index (χ2n) is 5.16. The van der Waals surface area contributed by atoms with Crippen molar-refractivity contribution in [1.29, 1.82) is 0 Å². The number of carbonyl (C=O) groups is 1. The summed E-state index contributed by atoms with van der Waals surface area (Å²) in [5, 5.41) is 0. The average Bonchev–Trinajstić information content (AvgIpc) is 2.71. The topological polar surface area (TPSA) is 42.0 Å².